The van der Waals surface area contributed by atoms with E-state index in [-0.39, 0.29) is 11.8 Å². The monoisotopic (exact) mass is 392 g/mol. The van der Waals surface area contributed by atoms with Crippen LogP contribution in [0.4, 0.5) is 0 Å². The number of amides is 2. The number of rotatable bonds is 6. The zero-order valence-corrected chi connectivity index (χ0v) is 18.0. The predicted octanol–water partition coefficient (Wildman–Crippen LogP) is 4.50. The molecule has 0 spiro atoms. The van der Waals surface area contributed by atoms with Crippen LogP contribution >= 0.6 is 0 Å². The van der Waals surface area contributed by atoms with Gasteiger partial charge in [0.2, 0.25) is 5.91 Å². The van der Waals surface area contributed by atoms with Crippen molar-refractivity contribution in [3.8, 4) is 0 Å². The van der Waals surface area contributed by atoms with E-state index in [1.807, 2.05) is 56.3 Å². The summed E-state index contributed by atoms with van der Waals surface area (Å²) in [6, 6.07) is 15.9. The van der Waals surface area contributed by atoms with Crippen LogP contribution in [0.25, 0.3) is 0 Å². The highest BCUT2D eigenvalue weighted by atomic mass is 16.2. The number of carbonyl (C=O) groups excluding carboxylic acids is 2. The van der Waals surface area contributed by atoms with E-state index in [0.717, 1.165) is 23.1 Å². The SMILES string of the molecule is Cc1cccc(CN2C(=O)c3ccccc3CCC2(C)C(=O)NCCC(C)C)c1. The van der Waals surface area contributed by atoms with Gasteiger partial charge in [0.15, 0.2) is 0 Å². The summed E-state index contributed by atoms with van der Waals surface area (Å²) in [5.41, 5.74) is 3.02. The molecule has 0 radical (unpaired) electrons. The smallest absolute Gasteiger partial charge is 0.255 e. The van der Waals surface area contributed by atoms with Crippen molar-refractivity contribution in [2.45, 2.75) is 59.0 Å². The van der Waals surface area contributed by atoms with Gasteiger partial charge < -0.3 is 10.2 Å². The van der Waals surface area contributed by atoms with Gasteiger partial charge in [-0.05, 0) is 56.2 Å². The van der Waals surface area contributed by atoms with Crippen molar-refractivity contribution in [3.05, 3.63) is 70.8 Å². The largest absolute Gasteiger partial charge is 0.354 e. The number of hydrogen-bond donors (Lipinski definition) is 1. The zero-order valence-electron chi connectivity index (χ0n) is 18.0. The summed E-state index contributed by atoms with van der Waals surface area (Å²) in [6.07, 6.45) is 2.24. The minimum absolute atomic E-state index is 0.0630. The molecular weight excluding hydrogens is 360 g/mol. The standard InChI is InChI=1S/C25H32N2O2/c1-18(2)13-15-26-24(29)25(4)14-12-21-10-5-6-11-22(21)23(28)27(25)17-20-9-7-8-19(3)16-20/h5-11,16,18H,12-15,17H2,1-4H3,(H,26,29). The lowest BCUT2D eigenvalue weighted by molar-refractivity contribution is -0.132. The van der Waals surface area contributed by atoms with Gasteiger partial charge >= 0.3 is 0 Å². The highest BCUT2D eigenvalue weighted by Crippen LogP contribution is 2.32. The first kappa shape index (κ1) is 21.1. The lowest BCUT2D eigenvalue weighted by atomic mass is 9.91. The minimum Gasteiger partial charge on any atom is -0.354 e. The molecule has 0 aliphatic carbocycles. The Morgan fingerprint density at radius 3 is 2.66 bits per heavy atom. The van der Waals surface area contributed by atoms with Gasteiger partial charge in [0.25, 0.3) is 5.91 Å². The first-order chi connectivity index (χ1) is 13.8. The summed E-state index contributed by atoms with van der Waals surface area (Å²) < 4.78 is 0. The number of nitrogens with zero attached hydrogens (tertiary/aromatic N) is 1. The third-order valence-corrected chi connectivity index (χ3v) is 5.89. The molecule has 4 nitrogen and oxygen atoms in total. The lowest BCUT2D eigenvalue weighted by Crippen LogP contribution is -2.58. The van der Waals surface area contributed by atoms with Crippen LogP contribution in [-0.4, -0.2) is 28.8 Å². The molecule has 1 atom stereocenters. The van der Waals surface area contributed by atoms with E-state index in [2.05, 4.69) is 25.2 Å². The molecule has 1 aliphatic heterocycles. The maximum absolute atomic E-state index is 13.6. The fourth-order valence-electron chi connectivity index (χ4n) is 3.97. The molecule has 4 heteroatoms. The van der Waals surface area contributed by atoms with E-state index in [9.17, 15) is 9.59 Å². The number of benzene rings is 2. The van der Waals surface area contributed by atoms with E-state index in [0.29, 0.717) is 37.4 Å². The summed E-state index contributed by atoms with van der Waals surface area (Å²) >= 11 is 0. The Labute approximate surface area is 174 Å². The third-order valence-electron chi connectivity index (χ3n) is 5.89. The Balaban J connectivity index is 1.95. The van der Waals surface area contributed by atoms with Crippen molar-refractivity contribution in [1.29, 1.82) is 0 Å². The van der Waals surface area contributed by atoms with Gasteiger partial charge in [0.05, 0.1) is 0 Å². The quantitative estimate of drug-likeness (QED) is 0.787. The highest BCUT2D eigenvalue weighted by Gasteiger charge is 2.44. The molecule has 0 aromatic heterocycles. The number of nitrogens with one attached hydrogen (secondary N) is 1. The molecule has 0 bridgehead atoms. The van der Waals surface area contributed by atoms with Gasteiger partial charge in [0, 0.05) is 18.7 Å². The molecule has 2 aromatic rings. The van der Waals surface area contributed by atoms with Crippen molar-refractivity contribution >= 4 is 11.8 Å². The van der Waals surface area contributed by atoms with Crippen molar-refractivity contribution in [2.24, 2.45) is 5.92 Å². The van der Waals surface area contributed by atoms with Crippen LogP contribution in [-0.2, 0) is 17.8 Å². The van der Waals surface area contributed by atoms with Crippen LogP contribution in [0.2, 0.25) is 0 Å². The predicted molar refractivity (Wildman–Crippen MR) is 117 cm³/mol. The number of fused-ring (bicyclic) bond motifs is 1. The molecular formula is C25H32N2O2. The van der Waals surface area contributed by atoms with Crippen LogP contribution in [0.15, 0.2) is 48.5 Å². The van der Waals surface area contributed by atoms with Crippen molar-refractivity contribution in [2.75, 3.05) is 6.54 Å². The van der Waals surface area contributed by atoms with Gasteiger partial charge in [-0.25, -0.2) is 0 Å². The van der Waals surface area contributed by atoms with E-state index in [1.165, 1.54) is 0 Å². The summed E-state index contributed by atoms with van der Waals surface area (Å²) in [5.74, 6) is 0.389. The highest BCUT2D eigenvalue weighted by molar-refractivity contribution is 6.00. The molecule has 0 saturated heterocycles. The van der Waals surface area contributed by atoms with Crippen molar-refractivity contribution in [1.82, 2.24) is 10.2 Å². The Morgan fingerprint density at radius 2 is 1.93 bits per heavy atom. The number of hydrogen-bond acceptors (Lipinski definition) is 2. The molecule has 3 rings (SSSR count). The van der Waals surface area contributed by atoms with Crippen LogP contribution in [0.1, 0.15) is 60.7 Å². The maximum atomic E-state index is 13.6. The molecule has 1 aliphatic rings. The fraction of sp³-hybridized carbons (Fsp3) is 0.440. The van der Waals surface area contributed by atoms with Crippen LogP contribution in [0.5, 0.6) is 0 Å². The summed E-state index contributed by atoms with van der Waals surface area (Å²) in [7, 11) is 0. The average Bonchev–Trinajstić information content (AvgIpc) is 2.79. The van der Waals surface area contributed by atoms with Gasteiger partial charge in [0.1, 0.15) is 5.54 Å². The number of aryl methyl sites for hydroxylation is 2. The summed E-state index contributed by atoms with van der Waals surface area (Å²) in [5, 5.41) is 3.09. The van der Waals surface area contributed by atoms with Gasteiger partial charge in [-0.2, -0.15) is 0 Å². The molecule has 2 aromatic carbocycles. The van der Waals surface area contributed by atoms with E-state index in [1.54, 1.807) is 4.90 Å². The maximum Gasteiger partial charge on any atom is 0.255 e. The topological polar surface area (TPSA) is 49.4 Å². The van der Waals surface area contributed by atoms with Gasteiger partial charge in [-0.15, -0.1) is 0 Å². The third kappa shape index (κ3) is 4.69. The molecule has 1 N–H and O–H groups in total. The number of carbonyl (C=O) groups is 2. The van der Waals surface area contributed by atoms with Crippen molar-refractivity contribution < 1.29 is 9.59 Å². The Morgan fingerprint density at radius 1 is 1.17 bits per heavy atom. The second kappa shape index (κ2) is 8.81. The molecule has 0 fully saturated rings. The van der Waals surface area contributed by atoms with Gasteiger partial charge in [-0.3, -0.25) is 9.59 Å². The fourth-order valence-corrected chi connectivity index (χ4v) is 3.97. The minimum atomic E-state index is -0.892. The summed E-state index contributed by atoms with van der Waals surface area (Å²) in [4.78, 5) is 28.7. The van der Waals surface area contributed by atoms with E-state index in [4.69, 9.17) is 0 Å². The van der Waals surface area contributed by atoms with E-state index < -0.39 is 5.54 Å². The normalized spacial score (nSPS) is 19.1. The molecule has 1 unspecified atom stereocenters. The van der Waals surface area contributed by atoms with Crippen LogP contribution < -0.4 is 5.32 Å². The Bertz CT molecular complexity index is 890. The zero-order chi connectivity index (χ0) is 21.0. The van der Waals surface area contributed by atoms with Crippen LogP contribution in [0.3, 0.4) is 0 Å². The Hall–Kier alpha value is -2.62. The average molecular weight is 393 g/mol. The first-order valence-electron chi connectivity index (χ1n) is 10.5. The summed E-state index contributed by atoms with van der Waals surface area (Å²) in [6.45, 7) is 9.29. The van der Waals surface area contributed by atoms with Crippen LogP contribution in [0, 0.1) is 12.8 Å². The van der Waals surface area contributed by atoms with Crippen molar-refractivity contribution in [3.63, 3.8) is 0 Å². The first-order valence-corrected chi connectivity index (χ1v) is 10.5. The molecule has 0 saturated carbocycles. The second-order valence-corrected chi connectivity index (χ2v) is 8.75. The Kier molecular flexibility index (Phi) is 6.41. The molecule has 154 valence electrons. The lowest BCUT2D eigenvalue weighted by Gasteiger charge is -2.39. The molecule has 29 heavy (non-hydrogen) atoms. The second-order valence-electron chi connectivity index (χ2n) is 8.75. The molecule has 2 amide bonds. The van der Waals surface area contributed by atoms with Gasteiger partial charge in [-0.1, -0.05) is 61.9 Å². The molecule has 1 heterocycles. The van der Waals surface area contributed by atoms with E-state index >= 15 is 0 Å².